The fourth-order valence-electron chi connectivity index (χ4n) is 3.50. The van der Waals surface area contributed by atoms with Crippen LogP contribution in [0.5, 0.6) is 0 Å². The molecule has 0 aromatic carbocycles. The van der Waals surface area contributed by atoms with Crippen LogP contribution in [0.4, 0.5) is 0 Å². The maximum atomic E-state index is 9.31. The van der Waals surface area contributed by atoms with Gasteiger partial charge in [-0.05, 0) is 36.5 Å². The molecule has 0 aromatic heterocycles. The Morgan fingerprint density at radius 3 is 2.00 bits per heavy atom. The molecular weight excluding hydrogens is 407 g/mol. The predicted molar refractivity (Wildman–Crippen MR) is 120 cm³/mol. The Morgan fingerprint density at radius 2 is 1.50 bits per heavy atom. The highest BCUT2D eigenvalue weighted by Crippen LogP contribution is 2.36. The quantitative estimate of drug-likeness (QED) is 0.277. The average molecular weight is 455 g/mol. The molecule has 2 heteroatoms. The van der Waals surface area contributed by atoms with Gasteiger partial charge in [0, 0.05) is 10.5 Å². The summed E-state index contributed by atoms with van der Waals surface area (Å²) in [6.07, 6.45) is 12.4. The lowest BCUT2D eigenvalue weighted by atomic mass is 9.79. The fraction of sp³-hybridized carbons (Fsp3) is 1.00. The summed E-state index contributed by atoms with van der Waals surface area (Å²) in [5.41, 5.74) is 0. The Kier molecular flexibility index (Phi) is 20.7. The third-order valence-corrected chi connectivity index (χ3v) is 6.56. The standard InChI is InChI=1S/C18H35IO.2C2H6/c1-14(2)6-4-7-15(3)8-5-9-16-10-11-17(13-20)18(19)12-16;2*1-2/h14-18,20H,4-13H2,1-3H3;2*1-2H3. The van der Waals surface area contributed by atoms with Crippen LogP contribution in [-0.2, 0) is 0 Å². The highest BCUT2D eigenvalue weighted by atomic mass is 127. The highest BCUT2D eigenvalue weighted by molar-refractivity contribution is 14.1. The molecule has 1 fully saturated rings. The predicted octanol–water partition coefficient (Wildman–Crippen LogP) is 7.88. The van der Waals surface area contributed by atoms with Crippen LogP contribution in [-0.4, -0.2) is 15.6 Å². The largest absolute Gasteiger partial charge is 0.396 e. The molecule has 0 aliphatic heterocycles. The van der Waals surface area contributed by atoms with Gasteiger partial charge in [-0.25, -0.2) is 0 Å². The first-order valence-electron chi connectivity index (χ1n) is 10.8. The van der Waals surface area contributed by atoms with Gasteiger partial charge in [0.2, 0.25) is 0 Å². The third-order valence-electron chi connectivity index (χ3n) is 5.04. The second kappa shape index (κ2) is 18.5. The molecule has 1 N–H and O–H groups in total. The van der Waals surface area contributed by atoms with Crippen molar-refractivity contribution in [2.45, 2.75) is 110 Å². The maximum Gasteiger partial charge on any atom is 0.0469 e. The molecule has 24 heavy (non-hydrogen) atoms. The van der Waals surface area contributed by atoms with Crippen molar-refractivity contribution in [2.75, 3.05) is 6.61 Å². The Labute approximate surface area is 167 Å². The van der Waals surface area contributed by atoms with E-state index in [9.17, 15) is 5.11 Å². The summed E-state index contributed by atoms with van der Waals surface area (Å²) in [6.45, 7) is 15.5. The van der Waals surface area contributed by atoms with Gasteiger partial charge in [0.05, 0.1) is 0 Å². The lowest BCUT2D eigenvalue weighted by Gasteiger charge is -2.32. The zero-order valence-corrected chi connectivity index (χ0v) is 19.9. The summed E-state index contributed by atoms with van der Waals surface area (Å²) in [6, 6.07) is 0. The zero-order chi connectivity index (χ0) is 19.0. The Morgan fingerprint density at radius 1 is 0.917 bits per heavy atom. The molecule has 1 aliphatic carbocycles. The van der Waals surface area contributed by atoms with Crippen LogP contribution in [0.3, 0.4) is 0 Å². The lowest BCUT2D eigenvalue weighted by Crippen LogP contribution is -2.27. The van der Waals surface area contributed by atoms with Gasteiger partial charge in [0.15, 0.2) is 0 Å². The number of rotatable bonds is 9. The smallest absolute Gasteiger partial charge is 0.0469 e. The molecule has 1 saturated carbocycles. The average Bonchev–Trinajstić information content (AvgIpc) is 2.58. The van der Waals surface area contributed by atoms with Gasteiger partial charge in [-0.3, -0.25) is 0 Å². The first kappa shape index (κ1) is 26.9. The summed E-state index contributed by atoms with van der Waals surface area (Å²) < 4.78 is 0.708. The highest BCUT2D eigenvalue weighted by Gasteiger charge is 2.27. The molecular formula is C22H47IO. The van der Waals surface area contributed by atoms with Crippen molar-refractivity contribution < 1.29 is 5.11 Å². The summed E-state index contributed by atoms with van der Waals surface area (Å²) in [7, 11) is 0. The van der Waals surface area contributed by atoms with Crippen molar-refractivity contribution in [1.82, 2.24) is 0 Å². The number of aliphatic hydroxyl groups is 1. The van der Waals surface area contributed by atoms with E-state index in [1.807, 2.05) is 27.7 Å². The van der Waals surface area contributed by atoms with Crippen molar-refractivity contribution in [2.24, 2.45) is 23.7 Å². The number of hydrogen-bond acceptors (Lipinski definition) is 1. The third kappa shape index (κ3) is 13.9. The number of halogens is 1. The Balaban J connectivity index is 0. The van der Waals surface area contributed by atoms with E-state index >= 15 is 0 Å². The van der Waals surface area contributed by atoms with Crippen LogP contribution in [0, 0.1) is 23.7 Å². The Bertz CT molecular complexity index is 242. The van der Waals surface area contributed by atoms with Crippen LogP contribution in [0.2, 0.25) is 0 Å². The first-order chi connectivity index (χ1) is 11.5. The fourth-order valence-corrected chi connectivity index (χ4v) is 4.81. The van der Waals surface area contributed by atoms with Gasteiger partial charge in [0.1, 0.15) is 0 Å². The summed E-state index contributed by atoms with van der Waals surface area (Å²) in [5.74, 6) is 3.28. The molecule has 1 rings (SSSR count). The van der Waals surface area contributed by atoms with Gasteiger partial charge in [-0.1, -0.05) is 116 Å². The van der Waals surface area contributed by atoms with E-state index in [-0.39, 0.29) is 0 Å². The molecule has 0 radical (unpaired) electrons. The number of aliphatic hydroxyl groups excluding tert-OH is 1. The van der Waals surface area contributed by atoms with Gasteiger partial charge < -0.3 is 5.11 Å². The second-order valence-corrected chi connectivity index (χ2v) is 9.10. The van der Waals surface area contributed by atoms with E-state index in [1.54, 1.807) is 0 Å². The van der Waals surface area contributed by atoms with Crippen LogP contribution < -0.4 is 0 Å². The lowest BCUT2D eigenvalue weighted by molar-refractivity contribution is 0.173. The molecule has 0 aromatic rings. The molecule has 0 heterocycles. The van der Waals surface area contributed by atoms with Crippen molar-refractivity contribution in [3.63, 3.8) is 0 Å². The van der Waals surface area contributed by atoms with Crippen molar-refractivity contribution in [3.8, 4) is 0 Å². The van der Waals surface area contributed by atoms with Crippen molar-refractivity contribution in [3.05, 3.63) is 0 Å². The second-order valence-electron chi connectivity index (χ2n) is 7.50. The van der Waals surface area contributed by atoms with E-state index in [2.05, 4.69) is 43.4 Å². The van der Waals surface area contributed by atoms with Crippen molar-refractivity contribution in [1.29, 1.82) is 0 Å². The van der Waals surface area contributed by atoms with Gasteiger partial charge in [-0.15, -0.1) is 0 Å². The van der Waals surface area contributed by atoms with E-state index in [0.29, 0.717) is 16.4 Å². The van der Waals surface area contributed by atoms with E-state index in [4.69, 9.17) is 0 Å². The van der Waals surface area contributed by atoms with E-state index in [0.717, 1.165) is 17.8 Å². The minimum absolute atomic E-state index is 0.396. The van der Waals surface area contributed by atoms with Crippen molar-refractivity contribution >= 4 is 22.6 Å². The topological polar surface area (TPSA) is 20.2 Å². The van der Waals surface area contributed by atoms with Gasteiger partial charge in [-0.2, -0.15) is 0 Å². The monoisotopic (exact) mass is 454 g/mol. The van der Waals surface area contributed by atoms with Crippen LogP contribution in [0.25, 0.3) is 0 Å². The molecule has 1 aliphatic rings. The van der Waals surface area contributed by atoms with Crippen LogP contribution >= 0.6 is 22.6 Å². The minimum Gasteiger partial charge on any atom is -0.396 e. The number of alkyl halides is 1. The minimum atomic E-state index is 0.396. The molecule has 148 valence electrons. The normalized spacial score (nSPS) is 24.5. The summed E-state index contributed by atoms with van der Waals surface area (Å²) in [4.78, 5) is 0. The van der Waals surface area contributed by atoms with E-state index < -0.39 is 0 Å². The molecule has 1 nitrogen and oxygen atoms in total. The summed E-state index contributed by atoms with van der Waals surface area (Å²) in [5, 5.41) is 9.31. The molecule has 4 atom stereocenters. The molecule has 0 amide bonds. The van der Waals surface area contributed by atoms with Crippen LogP contribution in [0.15, 0.2) is 0 Å². The van der Waals surface area contributed by atoms with E-state index in [1.165, 1.54) is 57.8 Å². The zero-order valence-electron chi connectivity index (χ0n) is 17.8. The maximum absolute atomic E-state index is 9.31. The SMILES string of the molecule is CC.CC.CC(C)CCCC(C)CCCC1CCC(CO)C(I)C1. The Hall–Kier alpha value is 0.690. The van der Waals surface area contributed by atoms with Gasteiger partial charge >= 0.3 is 0 Å². The first-order valence-corrected chi connectivity index (χ1v) is 12.0. The van der Waals surface area contributed by atoms with Crippen LogP contribution in [0.1, 0.15) is 106 Å². The van der Waals surface area contributed by atoms with Gasteiger partial charge in [0.25, 0.3) is 0 Å². The molecule has 0 saturated heterocycles. The molecule has 0 spiro atoms. The summed E-state index contributed by atoms with van der Waals surface area (Å²) >= 11 is 2.56. The molecule has 4 unspecified atom stereocenters. The molecule has 0 bridgehead atoms. The number of hydrogen-bond donors (Lipinski definition) is 1.